The van der Waals surface area contributed by atoms with Crippen LogP contribution in [0.1, 0.15) is 38.2 Å². The summed E-state index contributed by atoms with van der Waals surface area (Å²) in [5.41, 5.74) is 2.08. The zero-order valence-corrected chi connectivity index (χ0v) is 12.2. The molecule has 0 saturated heterocycles. The average molecular weight is 275 g/mol. The van der Waals surface area contributed by atoms with Crippen LogP contribution in [0.3, 0.4) is 0 Å². The molecule has 3 heteroatoms. The Kier molecular flexibility index (Phi) is 3.68. The summed E-state index contributed by atoms with van der Waals surface area (Å²) >= 11 is 0. The third-order valence-corrected chi connectivity index (χ3v) is 4.64. The van der Waals surface area contributed by atoms with Crippen molar-refractivity contribution in [3.05, 3.63) is 29.6 Å². The van der Waals surface area contributed by atoms with Gasteiger partial charge in [0.25, 0.3) is 0 Å². The van der Waals surface area contributed by atoms with E-state index in [-0.39, 0.29) is 5.82 Å². The van der Waals surface area contributed by atoms with Gasteiger partial charge in [-0.15, -0.1) is 0 Å². The Labute approximate surface area is 120 Å². The van der Waals surface area contributed by atoms with Crippen molar-refractivity contribution in [2.75, 3.05) is 18.6 Å². The van der Waals surface area contributed by atoms with Gasteiger partial charge in [0.15, 0.2) is 11.6 Å². The second-order valence-corrected chi connectivity index (χ2v) is 6.01. The molecule has 0 amide bonds. The molecule has 1 aliphatic carbocycles. The molecule has 1 fully saturated rings. The summed E-state index contributed by atoms with van der Waals surface area (Å²) < 4.78 is 19.1. The van der Waals surface area contributed by atoms with Gasteiger partial charge in [0.2, 0.25) is 0 Å². The molecule has 1 aromatic rings. The summed E-state index contributed by atoms with van der Waals surface area (Å²) in [6.07, 6.45) is 9.21. The summed E-state index contributed by atoms with van der Waals surface area (Å²) in [6, 6.07) is 3.98. The summed E-state index contributed by atoms with van der Waals surface area (Å²) in [5.74, 6) is 0.891. The Morgan fingerprint density at radius 3 is 2.65 bits per heavy atom. The fraction of sp³-hybridized carbons (Fsp3) is 0.529. The molecule has 3 rings (SSSR count). The number of ether oxygens (including phenoxy) is 1. The van der Waals surface area contributed by atoms with Crippen LogP contribution in [-0.4, -0.2) is 19.7 Å². The van der Waals surface area contributed by atoms with Crippen molar-refractivity contribution in [3.63, 3.8) is 0 Å². The monoisotopic (exact) mass is 275 g/mol. The van der Waals surface area contributed by atoms with Gasteiger partial charge in [-0.3, -0.25) is 0 Å². The maximum atomic E-state index is 14.0. The minimum absolute atomic E-state index is 0.268. The van der Waals surface area contributed by atoms with Crippen LogP contribution in [0.5, 0.6) is 5.75 Å². The van der Waals surface area contributed by atoms with Crippen LogP contribution in [0.2, 0.25) is 0 Å². The maximum Gasteiger partial charge on any atom is 0.167 e. The first-order valence-electron chi connectivity index (χ1n) is 7.49. The van der Waals surface area contributed by atoms with Crippen molar-refractivity contribution in [2.45, 2.75) is 38.6 Å². The fourth-order valence-electron chi connectivity index (χ4n) is 3.39. The molecule has 1 aliphatic heterocycles. The van der Waals surface area contributed by atoms with E-state index in [1.165, 1.54) is 32.8 Å². The van der Waals surface area contributed by atoms with Crippen LogP contribution in [0, 0.1) is 11.7 Å². The molecule has 0 unspecified atom stereocenters. The van der Waals surface area contributed by atoms with E-state index in [9.17, 15) is 4.39 Å². The minimum Gasteiger partial charge on any atom is -0.494 e. The molecule has 1 heterocycles. The largest absolute Gasteiger partial charge is 0.494 e. The van der Waals surface area contributed by atoms with Crippen molar-refractivity contribution in [1.29, 1.82) is 0 Å². The third kappa shape index (κ3) is 2.41. The molecule has 1 aromatic carbocycles. The van der Waals surface area contributed by atoms with Gasteiger partial charge in [-0.2, -0.15) is 0 Å². The maximum absolute atomic E-state index is 14.0. The molecule has 2 nitrogen and oxygen atoms in total. The molecule has 0 spiro atoms. The molecular formula is C17H22FNO. The van der Waals surface area contributed by atoms with Crippen LogP contribution in [0.25, 0.3) is 6.08 Å². The van der Waals surface area contributed by atoms with Gasteiger partial charge < -0.3 is 9.64 Å². The number of hydrogen-bond donors (Lipinski definition) is 0. The quantitative estimate of drug-likeness (QED) is 0.800. The number of fused-ring (bicyclic) bond motifs is 1. The van der Waals surface area contributed by atoms with E-state index >= 15 is 0 Å². The zero-order valence-electron chi connectivity index (χ0n) is 12.2. The van der Waals surface area contributed by atoms with E-state index in [4.69, 9.17) is 4.74 Å². The zero-order chi connectivity index (χ0) is 14.1. The molecular weight excluding hydrogens is 253 g/mol. The number of halogens is 1. The Morgan fingerprint density at radius 1 is 1.20 bits per heavy atom. The lowest BCUT2D eigenvalue weighted by atomic mass is 9.86. The highest BCUT2D eigenvalue weighted by molar-refractivity contribution is 5.73. The number of anilines is 1. The first-order chi connectivity index (χ1) is 9.69. The number of hydrogen-bond acceptors (Lipinski definition) is 2. The molecule has 108 valence electrons. The fourth-order valence-corrected chi connectivity index (χ4v) is 3.39. The van der Waals surface area contributed by atoms with Crippen LogP contribution in [0.4, 0.5) is 10.1 Å². The third-order valence-electron chi connectivity index (χ3n) is 4.64. The van der Waals surface area contributed by atoms with Crippen LogP contribution in [-0.2, 0) is 0 Å². The lowest BCUT2D eigenvalue weighted by Gasteiger charge is -2.39. The van der Waals surface area contributed by atoms with E-state index in [0.29, 0.717) is 11.8 Å². The van der Waals surface area contributed by atoms with E-state index in [1.807, 2.05) is 0 Å². The van der Waals surface area contributed by atoms with Crippen molar-refractivity contribution in [3.8, 4) is 5.75 Å². The van der Waals surface area contributed by atoms with E-state index in [2.05, 4.69) is 24.0 Å². The highest BCUT2D eigenvalue weighted by Crippen LogP contribution is 2.36. The summed E-state index contributed by atoms with van der Waals surface area (Å²) in [4.78, 5) is 2.36. The molecule has 1 saturated carbocycles. The summed E-state index contributed by atoms with van der Waals surface area (Å²) in [5, 5.41) is 0. The predicted octanol–water partition coefficient (Wildman–Crippen LogP) is 4.25. The van der Waals surface area contributed by atoms with E-state index < -0.39 is 0 Å². The normalized spacial score (nSPS) is 25.4. The van der Waals surface area contributed by atoms with Gasteiger partial charge in [0.05, 0.1) is 7.11 Å². The van der Waals surface area contributed by atoms with E-state index in [0.717, 1.165) is 23.7 Å². The van der Waals surface area contributed by atoms with Crippen molar-refractivity contribution >= 4 is 11.8 Å². The smallest absolute Gasteiger partial charge is 0.167 e. The molecule has 20 heavy (non-hydrogen) atoms. The van der Waals surface area contributed by atoms with Crippen molar-refractivity contribution in [2.24, 2.45) is 5.92 Å². The standard InChI is InChI=1S/C17H22FNO/c1-12-5-7-14(8-6-12)19-9-3-4-13-10-17(20-2)15(18)11-16(13)19/h3-4,10-12,14H,5-9H2,1-2H3. The lowest BCUT2D eigenvalue weighted by Crippen LogP contribution is -2.39. The molecule has 0 atom stereocenters. The summed E-state index contributed by atoms with van der Waals surface area (Å²) in [7, 11) is 1.51. The predicted molar refractivity (Wildman–Crippen MR) is 80.8 cm³/mol. The topological polar surface area (TPSA) is 12.5 Å². The minimum atomic E-state index is -0.268. The first-order valence-corrected chi connectivity index (χ1v) is 7.49. The first kappa shape index (κ1) is 13.5. The highest BCUT2D eigenvalue weighted by Gasteiger charge is 2.27. The molecule has 0 N–H and O–H groups in total. The highest BCUT2D eigenvalue weighted by atomic mass is 19.1. The van der Waals surface area contributed by atoms with Crippen molar-refractivity contribution in [1.82, 2.24) is 0 Å². The SMILES string of the molecule is COc1cc2c(cc1F)N(C1CCC(C)CC1)CC=C2. The van der Waals surface area contributed by atoms with Crippen molar-refractivity contribution < 1.29 is 9.13 Å². The van der Waals surface area contributed by atoms with Gasteiger partial charge in [0, 0.05) is 29.9 Å². The number of methoxy groups -OCH3 is 1. The molecule has 2 aliphatic rings. The van der Waals surface area contributed by atoms with Gasteiger partial charge in [-0.05, 0) is 37.7 Å². The Morgan fingerprint density at radius 2 is 1.95 bits per heavy atom. The second-order valence-electron chi connectivity index (χ2n) is 6.01. The summed E-state index contributed by atoms with van der Waals surface area (Å²) in [6.45, 7) is 3.21. The number of benzene rings is 1. The Balaban J connectivity index is 1.90. The van der Waals surface area contributed by atoms with Gasteiger partial charge in [-0.1, -0.05) is 19.1 Å². The van der Waals surface area contributed by atoms with E-state index in [1.54, 1.807) is 12.1 Å². The Hall–Kier alpha value is -1.51. The van der Waals surface area contributed by atoms with Crippen LogP contribution < -0.4 is 9.64 Å². The number of rotatable bonds is 2. The van der Waals surface area contributed by atoms with Gasteiger partial charge >= 0.3 is 0 Å². The molecule has 0 bridgehead atoms. The van der Waals surface area contributed by atoms with Gasteiger partial charge in [-0.25, -0.2) is 4.39 Å². The van der Waals surface area contributed by atoms with Crippen LogP contribution >= 0.6 is 0 Å². The molecule has 0 radical (unpaired) electrons. The van der Waals surface area contributed by atoms with Gasteiger partial charge in [0.1, 0.15) is 0 Å². The second kappa shape index (κ2) is 5.47. The lowest BCUT2D eigenvalue weighted by molar-refractivity contribution is 0.336. The number of nitrogens with zero attached hydrogens (tertiary/aromatic N) is 1. The molecule has 0 aromatic heterocycles. The van der Waals surface area contributed by atoms with Crippen LogP contribution in [0.15, 0.2) is 18.2 Å². The Bertz CT molecular complexity index is 518. The average Bonchev–Trinajstić information content (AvgIpc) is 2.47.